The molecule has 2 aromatic rings. The summed E-state index contributed by atoms with van der Waals surface area (Å²) in [6.45, 7) is 2.09. The third-order valence-corrected chi connectivity index (χ3v) is 3.75. The first-order chi connectivity index (χ1) is 14.0. The van der Waals surface area contributed by atoms with Crippen molar-refractivity contribution in [3.05, 3.63) is 53.6 Å². The molecule has 0 aliphatic rings. The number of rotatable bonds is 10. The van der Waals surface area contributed by atoms with Crippen LogP contribution in [-0.2, 0) is 6.37 Å². The van der Waals surface area contributed by atoms with Crippen molar-refractivity contribution < 1.29 is 26.2 Å². The van der Waals surface area contributed by atoms with E-state index in [1.165, 1.54) is 19.2 Å². The van der Waals surface area contributed by atoms with E-state index in [0.29, 0.717) is 18.6 Å². The molecule has 25 heavy (non-hydrogen) atoms. The van der Waals surface area contributed by atoms with Crippen LogP contribution in [0.2, 0.25) is 0 Å². The highest BCUT2D eigenvalue weighted by atomic mass is 16.5. The standard InChI is InChI=1S/C21H28O4/c1-16-7-6-10-19(13-16)25-15-18(22)9-5-4-8-17-11-12-20(23-2)21(14-17)24-3/h6-7,10-14,18,22H,4-5,8-9,15H2,1-3H3/i3D3,8D2. The molecular formula is C21H28O4. The van der Waals surface area contributed by atoms with Gasteiger partial charge in [0.25, 0.3) is 0 Å². The average Bonchev–Trinajstić information content (AvgIpc) is 2.65. The zero-order chi connectivity index (χ0) is 22.4. The van der Waals surface area contributed by atoms with Gasteiger partial charge in [0.1, 0.15) is 12.4 Å². The number of hydrogen-bond acceptors (Lipinski definition) is 4. The van der Waals surface area contributed by atoms with Gasteiger partial charge in [0.2, 0.25) is 0 Å². The van der Waals surface area contributed by atoms with Crippen LogP contribution in [0.1, 0.15) is 37.2 Å². The normalized spacial score (nSPS) is 15.9. The van der Waals surface area contributed by atoms with E-state index in [9.17, 15) is 5.11 Å². The Balaban J connectivity index is 1.91. The first-order valence-corrected chi connectivity index (χ1v) is 8.25. The van der Waals surface area contributed by atoms with Crippen LogP contribution in [-0.4, -0.2) is 32.0 Å². The largest absolute Gasteiger partial charge is 0.493 e. The number of methoxy groups -OCH3 is 2. The Morgan fingerprint density at radius 3 is 2.76 bits per heavy atom. The van der Waals surface area contributed by atoms with Crippen LogP contribution in [0.3, 0.4) is 0 Å². The number of aryl methyl sites for hydroxylation is 2. The van der Waals surface area contributed by atoms with E-state index in [0.717, 1.165) is 5.56 Å². The van der Waals surface area contributed by atoms with Crippen molar-refractivity contribution in [1.29, 1.82) is 0 Å². The van der Waals surface area contributed by atoms with E-state index in [4.69, 9.17) is 21.1 Å². The van der Waals surface area contributed by atoms with Gasteiger partial charge in [-0.15, -0.1) is 0 Å². The summed E-state index contributed by atoms with van der Waals surface area (Å²) in [5.74, 6) is 0.865. The van der Waals surface area contributed by atoms with Gasteiger partial charge in [-0.2, -0.15) is 0 Å². The second kappa shape index (κ2) is 9.94. The summed E-state index contributed by atoms with van der Waals surface area (Å²) < 4.78 is 54.1. The highest BCUT2D eigenvalue weighted by Crippen LogP contribution is 2.28. The summed E-state index contributed by atoms with van der Waals surface area (Å²) in [6.07, 6.45) is -1.50. The lowest BCUT2D eigenvalue weighted by Crippen LogP contribution is -2.17. The molecule has 0 bridgehead atoms. The first kappa shape index (κ1) is 13.1. The van der Waals surface area contributed by atoms with Gasteiger partial charge in [-0.1, -0.05) is 24.6 Å². The Morgan fingerprint density at radius 1 is 1.12 bits per heavy atom. The second-order valence-corrected chi connectivity index (χ2v) is 5.82. The maximum atomic E-state index is 10.1. The van der Waals surface area contributed by atoms with Crippen LogP contribution in [0.4, 0.5) is 0 Å². The van der Waals surface area contributed by atoms with Crippen LogP contribution in [0, 0.1) is 6.92 Å². The first-order valence-electron chi connectivity index (χ1n) is 10.8. The topological polar surface area (TPSA) is 47.9 Å². The second-order valence-electron chi connectivity index (χ2n) is 5.82. The molecule has 0 spiro atoms. The van der Waals surface area contributed by atoms with E-state index < -0.39 is 19.5 Å². The van der Waals surface area contributed by atoms with Gasteiger partial charge in [0, 0.05) is 2.74 Å². The van der Waals surface area contributed by atoms with E-state index in [1.807, 2.05) is 31.2 Å². The zero-order valence-corrected chi connectivity index (χ0v) is 14.6. The lowest BCUT2D eigenvalue weighted by molar-refractivity contribution is 0.0976. The Kier molecular flexibility index (Phi) is 5.20. The monoisotopic (exact) mass is 349 g/mol. The van der Waals surface area contributed by atoms with Crippen molar-refractivity contribution in [1.82, 2.24) is 0 Å². The number of hydrogen-bond donors (Lipinski definition) is 1. The predicted molar refractivity (Wildman–Crippen MR) is 99.8 cm³/mol. The number of benzene rings is 2. The van der Waals surface area contributed by atoms with Crippen LogP contribution in [0.15, 0.2) is 42.5 Å². The zero-order valence-electron chi connectivity index (χ0n) is 19.6. The van der Waals surface area contributed by atoms with E-state index >= 15 is 0 Å². The summed E-state index contributed by atoms with van der Waals surface area (Å²) in [4.78, 5) is 0. The molecule has 0 heterocycles. The van der Waals surface area contributed by atoms with Crippen molar-refractivity contribution in [3.8, 4) is 17.2 Å². The molecule has 2 aromatic carbocycles. The summed E-state index contributed by atoms with van der Waals surface area (Å²) >= 11 is 0. The van der Waals surface area contributed by atoms with Crippen molar-refractivity contribution in [2.75, 3.05) is 20.8 Å². The van der Waals surface area contributed by atoms with Gasteiger partial charge in [0.15, 0.2) is 11.5 Å². The van der Waals surface area contributed by atoms with Crippen LogP contribution < -0.4 is 14.2 Å². The van der Waals surface area contributed by atoms with Crippen LogP contribution in [0.25, 0.3) is 0 Å². The number of ether oxygens (including phenoxy) is 3. The molecular weight excluding hydrogens is 316 g/mol. The molecule has 0 amide bonds. The minimum absolute atomic E-state index is 0.0366. The quantitative estimate of drug-likeness (QED) is 0.699. The average molecular weight is 349 g/mol. The Hall–Kier alpha value is -2.20. The summed E-state index contributed by atoms with van der Waals surface area (Å²) in [5, 5.41) is 10.1. The highest BCUT2D eigenvalue weighted by Gasteiger charge is 2.07. The van der Waals surface area contributed by atoms with E-state index in [1.54, 1.807) is 6.07 Å². The summed E-state index contributed by atoms with van der Waals surface area (Å²) in [6, 6.07) is 11.9. The molecule has 2 rings (SSSR count). The Labute approximate surface area is 157 Å². The molecule has 4 nitrogen and oxygen atoms in total. The van der Waals surface area contributed by atoms with Gasteiger partial charge in [-0.05, 0) is 61.5 Å². The summed E-state index contributed by atoms with van der Waals surface area (Å²) in [5.41, 5.74) is 1.35. The van der Waals surface area contributed by atoms with Gasteiger partial charge in [-0.25, -0.2) is 0 Å². The fraction of sp³-hybridized carbons (Fsp3) is 0.429. The molecule has 0 aliphatic heterocycles. The van der Waals surface area contributed by atoms with E-state index in [-0.39, 0.29) is 30.1 Å². The third kappa shape index (κ3) is 6.31. The predicted octanol–water partition coefficient (Wildman–Crippen LogP) is 4.16. The molecule has 1 N–H and O–H groups in total. The smallest absolute Gasteiger partial charge is 0.160 e. The fourth-order valence-corrected chi connectivity index (χ4v) is 2.42. The SMILES string of the molecule is [2H]C([2H])([2H])Oc1cc(C([2H])([2H])CCCC(O)COc2cccc(C)c2)ccc1OC. The highest BCUT2D eigenvalue weighted by molar-refractivity contribution is 5.42. The molecule has 1 unspecified atom stereocenters. The molecule has 4 heteroatoms. The molecule has 1 atom stereocenters. The fourth-order valence-electron chi connectivity index (χ4n) is 2.42. The molecule has 0 aromatic heterocycles. The maximum Gasteiger partial charge on any atom is 0.160 e. The minimum Gasteiger partial charge on any atom is -0.493 e. The van der Waals surface area contributed by atoms with Crippen molar-refractivity contribution in [2.45, 2.75) is 38.7 Å². The lowest BCUT2D eigenvalue weighted by Gasteiger charge is -2.13. The number of aliphatic hydroxyl groups excluding tert-OH is 1. The van der Waals surface area contributed by atoms with E-state index in [2.05, 4.69) is 0 Å². The van der Waals surface area contributed by atoms with Crippen molar-refractivity contribution >= 4 is 0 Å². The van der Waals surface area contributed by atoms with Gasteiger partial charge in [-0.3, -0.25) is 0 Å². The summed E-state index contributed by atoms with van der Waals surface area (Å²) in [7, 11) is -1.28. The molecule has 0 saturated heterocycles. The van der Waals surface area contributed by atoms with Gasteiger partial charge < -0.3 is 19.3 Å². The van der Waals surface area contributed by atoms with Crippen molar-refractivity contribution in [2.24, 2.45) is 0 Å². The number of aliphatic hydroxyl groups is 1. The Bertz CT molecular complexity index is 823. The van der Waals surface area contributed by atoms with Gasteiger partial charge >= 0.3 is 0 Å². The van der Waals surface area contributed by atoms with Crippen LogP contribution in [0.5, 0.6) is 17.2 Å². The molecule has 0 aliphatic carbocycles. The molecule has 0 saturated carbocycles. The third-order valence-electron chi connectivity index (χ3n) is 3.75. The minimum atomic E-state index is -2.67. The Morgan fingerprint density at radius 2 is 2.00 bits per heavy atom. The molecule has 136 valence electrons. The van der Waals surface area contributed by atoms with Crippen LogP contribution >= 0.6 is 0 Å². The lowest BCUT2D eigenvalue weighted by atomic mass is 10.0. The maximum absolute atomic E-state index is 10.1. The van der Waals surface area contributed by atoms with Crippen molar-refractivity contribution in [3.63, 3.8) is 0 Å². The molecule has 0 radical (unpaired) electrons. The molecule has 0 fully saturated rings. The van der Waals surface area contributed by atoms with Gasteiger partial charge in [0.05, 0.1) is 24.4 Å².